The van der Waals surface area contributed by atoms with Gasteiger partial charge >= 0.3 is 0 Å². The fourth-order valence-electron chi connectivity index (χ4n) is 1.81. The number of benzene rings is 1. The Morgan fingerprint density at radius 3 is 2.55 bits per heavy atom. The highest BCUT2D eigenvalue weighted by Gasteiger charge is 2.17. The minimum atomic E-state index is -3.50. The average molecular weight is 295 g/mol. The number of nitrogens with zero attached hydrogens (tertiary/aromatic N) is 1. The van der Waals surface area contributed by atoms with Crippen molar-refractivity contribution in [2.75, 3.05) is 13.7 Å². The van der Waals surface area contributed by atoms with Gasteiger partial charge in [0, 0.05) is 6.54 Å². The summed E-state index contributed by atoms with van der Waals surface area (Å²) in [6.45, 7) is 2.00. The first kappa shape index (κ1) is 14.5. The van der Waals surface area contributed by atoms with Gasteiger partial charge in [-0.25, -0.2) is 13.1 Å². The van der Waals surface area contributed by atoms with Crippen LogP contribution in [0.15, 0.2) is 35.4 Å². The van der Waals surface area contributed by atoms with E-state index in [-0.39, 0.29) is 4.90 Å². The smallest absolute Gasteiger partial charge is 0.243 e. The van der Waals surface area contributed by atoms with E-state index in [1.807, 2.05) is 24.3 Å². The molecule has 108 valence electrons. The second-order valence-corrected chi connectivity index (χ2v) is 6.09. The van der Waals surface area contributed by atoms with Gasteiger partial charge in [0.25, 0.3) is 0 Å². The lowest BCUT2D eigenvalue weighted by molar-refractivity contribution is 0.414. The molecule has 6 nitrogen and oxygen atoms in total. The Balaban J connectivity index is 1.94. The monoisotopic (exact) mass is 295 g/mol. The van der Waals surface area contributed by atoms with Gasteiger partial charge in [0.1, 0.15) is 10.6 Å². The van der Waals surface area contributed by atoms with Gasteiger partial charge < -0.3 is 4.74 Å². The number of rotatable bonds is 6. The Labute approximate surface area is 118 Å². The maximum absolute atomic E-state index is 12.0. The molecule has 0 amide bonds. The van der Waals surface area contributed by atoms with E-state index in [1.54, 1.807) is 14.0 Å². The molecule has 1 aromatic carbocycles. The Hall–Kier alpha value is -1.86. The first-order chi connectivity index (χ1) is 9.53. The Morgan fingerprint density at radius 1 is 1.30 bits per heavy atom. The zero-order chi connectivity index (χ0) is 14.6. The molecular weight excluding hydrogens is 278 g/mol. The van der Waals surface area contributed by atoms with Crippen molar-refractivity contribution in [3.8, 4) is 5.75 Å². The van der Waals surface area contributed by atoms with E-state index in [2.05, 4.69) is 14.9 Å². The van der Waals surface area contributed by atoms with E-state index in [9.17, 15) is 8.42 Å². The van der Waals surface area contributed by atoms with Gasteiger partial charge in [0.15, 0.2) is 0 Å². The Bertz CT molecular complexity index is 662. The summed E-state index contributed by atoms with van der Waals surface area (Å²) < 4.78 is 31.7. The fourth-order valence-corrected chi connectivity index (χ4v) is 2.98. The molecule has 20 heavy (non-hydrogen) atoms. The number of nitrogens with one attached hydrogen (secondary N) is 2. The van der Waals surface area contributed by atoms with Crippen LogP contribution in [0.4, 0.5) is 0 Å². The number of aromatic nitrogens is 2. The molecule has 1 heterocycles. The van der Waals surface area contributed by atoms with Gasteiger partial charge in [-0.3, -0.25) is 5.10 Å². The summed E-state index contributed by atoms with van der Waals surface area (Å²) in [5, 5.41) is 6.33. The van der Waals surface area contributed by atoms with Crippen LogP contribution >= 0.6 is 0 Å². The summed E-state index contributed by atoms with van der Waals surface area (Å²) in [4.78, 5) is 0.187. The summed E-state index contributed by atoms with van der Waals surface area (Å²) in [5.41, 5.74) is 1.57. The predicted molar refractivity (Wildman–Crippen MR) is 75.2 cm³/mol. The normalized spacial score (nSPS) is 11.5. The van der Waals surface area contributed by atoms with Gasteiger partial charge in [-0.15, -0.1) is 0 Å². The molecule has 0 saturated heterocycles. The molecule has 1 aromatic heterocycles. The van der Waals surface area contributed by atoms with Crippen LogP contribution in [0.25, 0.3) is 0 Å². The average Bonchev–Trinajstić information content (AvgIpc) is 2.86. The molecule has 0 atom stereocenters. The first-order valence-electron chi connectivity index (χ1n) is 6.15. The molecule has 0 fully saturated rings. The Kier molecular flexibility index (Phi) is 4.41. The van der Waals surface area contributed by atoms with Gasteiger partial charge in [-0.1, -0.05) is 12.1 Å². The van der Waals surface area contributed by atoms with Crippen LogP contribution in [0.3, 0.4) is 0 Å². The molecule has 0 bridgehead atoms. The van der Waals surface area contributed by atoms with Crippen LogP contribution in [-0.4, -0.2) is 32.3 Å². The van der Waals surface area contributed by atoms with Crippen LogP contribution in [0.1, 0.15) is 11.3 Å². The number of aryl methyl sites for hydroxylation is 1. The molecule has 7 heteroatoms. The summed E-state index contributed by atoms with van der Waals surface area (Å²) in [6.07, 6.45) is 1.92. The molecule has 0 aliphatic rings. The van der Waals surface area contributed by atoms with Crippen LogP contribution in [0.2, 0.25) is 0 Å². The van der Waals surface area contributed by atoms with Crippen molar-refractivity contribution in [3.63, 3.8) is 0 Å². The molecule has 2 rings (SSSR count). The molecule has 0 spiro atoms. The number of methoxy groups -OCH3 is 1. The topological polar surface area (TPSA) is 84.1 Å². The highest BCUT2D eigenvalue weighted by molar-refractivity contribution is 7.89. The van der Waals surface area contributed by atoms with Crippen molar-refractivity contribution in [3.05, 3.63) is 41.7 Å². The molecule has 0 aliphatic carbocycles. The summed E-state index contributed by atoms with van der Waals surface area (Å²) in [7, 11) is -1.89. The van der Waals surface area contributed by atoms with E-state index in [1.165, 1.54) is 6.20 Å². The second kappa shape index (κ2) is 6.06. The minimum absolute atomic E-state index is 0.187. The van der Waals surface area contributed by atoms with E-state index in [4.69, 9.17) is 4.74 Å². The van der Waals surface area contributed by atoms with E-state index < -0.39 is 10.0 Å². The summed E-state index contributed by atoms with van der Waals surface area (Å²) >= 11 is 0. The number of ether oxygens (including phenoxy) is 1. The number of aromatic amines is 1. The van der Waals surface area contributed by atoms with E-state index >= 15 is 0 Å². The number of sulfonamides is 1. The maximum Gasteiger partial charge on any atom is 0.243 e. The van der Waals surface area contributed by atoms with Crippen LogP contribution in [-0.2, 0) is 16.4 Å². The number of hydrogen-bond acceptors (Lipinski definition) is 4. The molecule has 0 saturated carbocycles. The zero-order valence-corrected chi connectivity index (χ0v) is 12.2. The lowest BCUT2D eigenvalue weighted by Crippen LogP contribution is -2.26. The molecule has 0 radical (unpaired) electrons. The van der Waals surface area contributed by atoms with Crippen molar-refractivity contribution in [2.45, 2.75) is 18.2 Å². The number of H-pyrrole nitrogens is 1. The predicted octanol–water partition coefficient (Wildman–Crippen LogP) is 1.25. The Morgan fingerprint density at radius 2 is 2.00 bits per heavy atom. The van der Waals surface area contributed by atoms with Crippen LogP contribution < -0.4 is 9.46 Å². The molecule has 2 N–H and O–H groups in total. The third kappa shape index (κ3) is 3.37. The van der Waals surface area contributed by atoms with Gasteiger partial charge in [0.2, 0.25) is 10.0 Å². The zero-order valence-electron chi connectivity index (χ0n) is 11.4. The third-order valence-corrected chi connectivity index (χ3v) is 4.51. The van der Waals surface area contributed by atoms with Gasteiger partial charge in [-0.05, 0) is 31.0 Å². The second-order valence-electron chi connectivity index (χ2n) is 4.36. The van der Waals surface area contributed by atoms with Gasteiger partial charge in [-0.2, -0.15) is 5.10 Å². The van der Waals surface area contributed by atoms with E-state index in [0.29, 0.717) is 18.7 Å². The van der Waals surface area contributed by atoms with Crippen molar-refractivity contribution >= 4 is 10.0 Å². The largest absolute Gasteiger partial charge is 0.497 e. The molecule has 0 unspecified atom stereocenters. The van der Waals surface area contributed by atoms with Crippen LogP contribution in [0, 0.1) is 6.92 Å². The van der Waals surface area contributed by atoms with Crippen molar-refractivity contribution in [1.29, 1.82) is 0 Å². The number of hydrogen-bond donors (Lipinski definition) is 2. The lowest BCUT2D eigenvalue weighted by atomic mass is 10.1. The maximum atomic E-state index is 12.0. The fraction of sp³-hybridized carbons (Fsp3) is 0.308. The lowest BCUT2D eigenvalue weighted by Gasteiger charge is -2.06. The third-order valence-electron chi connectivity index (χ3n) is 2.94. The van der Waals surface area contributed by atoms with Crippen molar-refractivity contribution in [1.82, 2.24) is 14.9 Å². The minimum Gasteiger partial charge on any atom is -0.497 e. The summed E-state index contributed by atoms with van der Waals surface area (Å²) in [6, 6.07) is 7.53. The molecule has 2 aromatic rings. The SMILES string of the molecule is COc1ccc(CCNS(=O)(=O)c2cn[nH]c2C)cc1. The van der Waals surface area contributed by atoms with E-state index in [0.717, 1.165) is 11.3 Å². The first-order valence-corrected chi connectivity index (χ1v) is 7.64. The summed E-state index contributed by atoms with van der Waals surface area (Å²) in [5.74, 6) is 0.781. The molecular formula is C13H17N3O3S. The quantitative estimate of drug-likeness (QED) is 0.840. The van der Waals surface area contributed by atoms with Gasteiger partial charge in [0.05, 0.1) is 19.0 Å². The van der Waals surface area contributed by atoms with Crippen LogP contribution in [0.5, 0.6) is 5.75 Å². The highest BCUT2D eigenvalue weighted by Crippen LogP contribution is 2.13. The van der Waals surface area contributed by atoms with Crippen molar-refractivity contribution in [2.24, 2.45) is 0 Å². The highest BCUT2D eigenvalue weighted by atomic mass is 32.2. The molecule has 0 aliphatic heterocycles. The standard InChI is InChI=1S/C13H17N3O3S/c1-10-13(9-14-16-10)20(17,18)15-8-7-11-3-5-12(19-2)6-4-11/h3-6,9,15H,7-8H2,1-2H3,(H,14,16). The van der Waals surface area contributed by atoms with Crippen molar-refractivity contribution < 1.29 is 13.2 Å².